The van der Waals surface area contributed by atoms with Gasteiger partial charge in [0.1, 0.15) is 10.8 Å². The van der Waals surface area contributed by atoms with Crippen molar-refractivity contribution in [2.45, 2.75) is 5.88 Å². The standard InChI is InChI=1S/C12H8ClN3OS/c13-6-11-15-16-12(18-11)17-9-5-8-3-1-2-4-10(8)14-7-9/h1-5,7H,6H2. The molecule has 3 rings (SSSR count). The Labute approximate surface area is 112 Å². The lowest BCUT2D eigenvalue weighted by atomic mass is 10.2. The average Bonchev–Trinajstić information content (AvgIpc) is 2.86. The molecule has 6 heteroatoms. The van der Waals surface area contributed by atoms with Gasteiger partial charge in [-0.2, -0.15) is 0 Å². The summed E-state index contributed by atoms with van der Waals surface area (Å²) in [5.74, 6) is 0.989. The van der Waals surface area contributed by atoms with E-state index in [4.69, 9.17) is 16.3 Å². The number of hydrogen-bond donors (Lipinski definition) is 0. The number of fused-ring (bicyclic) bond motifs is 1. The normalized spacial score (nSPS) is 10.7. The summed E-state index contributed by atoms with van der Waals surface area (Å²) in [5.41, 5.74) is 0.934. The summed E-state index contributed by atoms with van der Waals surface area (Å²) in [6.07, 6.45) is 1.67. The predicted octanol–water partition coefficient (Wildman–Crippen LogP) is 3.62. The second-order valence-corrected chi connectivity index (χ2v) is 4.85. The van der Waals surface area contributed by atoms with Gasteiger partial charge in [0.2, 0.25) is 0 Å². The molecule has 4 nitrogen and oxygen atoms in total. The van der Waals surface area contributed by atoms with E-state index in [0.717, 1.165) is 15.9 Å². The van der Waals surface area contributed by atoms with Crippen molar-refractivity contribution >= 4 is 33.8 Å². The number of pyridine rings is 1. The predicted molar refractivity (Wildman–Crippen MR) is 71.3 cm³/mol. The second-order valence-electron chi connectivity index (χ2n) is 3.56. The van der Waals surface area contributed by atoms with E-state index in [1.165, 1.54) is 11.3 Å². The zero-order valence-corrected chi connectivity index (χ0v) is 10.8. The molecule has 0 bridgehead atoms. The van der Waals surface area contributed by atoms with Crippen molar-refractivity contribution in [3.05, 3.63) is 41.5 Å². The molecule has 2 heterocycles. The van der Waals surface area contributed by atoms with Gasteiger partial charge in [0, 0.05) is 5.39 Å². The zero-order valence-electron chi connectivity index (χ0n) is 9.21. The molecule has 0 spiro atoms. The minimum atomic E-state index is 0.344. The molecule has 0 aliphatic heterocycles. The van der Waals surface area contributed by atoms with Gasteiger partial charge in [-0.15, -0.1) is 16.7 Å². The third-order valence-electron chi connectivity index (χ3n) is 2.33. The molecule has 90 valence electrons. The molecule has 0 N–H and O–H groups in total. The van der Waals surface area contributed by atoms with Crippen molar-refractivity contribution in [3.63, 3.8) is 0 Å². The van der Waals surface area contributed by atoms with Crippen LogP contribution in [0.5, 0.6) is 10.9 Å². The van der Waals surface area contributed by atoms with Crippen molar-refractivity contribution in [1.29, 1.82) is 0 Å². The lowest BCUT2D eigenvalue weighted by molar-refractivity contribution is 0.472. The number of rotatable bonds is 3. The maximum Gasteiger partial charge on any atom is 0.299 e. The Balaban J connectivity index is 1.90. The molecule has 0 saturated carbocycles. The van der Waals surface area contributed by atoms with Gasteiger partial charge in [-0.1, -0.05) is 34.6 Å². The number of para-hydroxylation sites is 1. The molecule has 0 aliphatic carbocycles. The van der Waals surface area contributed by atoms with Gasteiger partial charge in [-0.3, -0.25) is 4.98 Å². The van der Waals surface area contributed by atoms with Crippen LogP contribution in [0.25, 0.3) is 10.9 Å². The van der Waals surface area contributed by atoms with Crippen LogP contribution in [-0.2, 0) is 5.88 Å². The van der Waals surface area contributed by atoms with Gasteiger partial charge in [-0.25, -0.2) is 0 Å². The summed E-state index contributed by atoms with van der Waals surface area (Å²) in [7, 11) is 0. The van der Waals surface area contributed by atoms with Crippen molar-refractivity contribution in [2.24, 2.45) is 0 Å². The molecular formula is C12H8ClN3OS. The first kappa shape index (κ1) is 11.4. The molecule has 0 amide bonds. The average molecular weight is 278 g/mol. The molecule has 0 radical (unpaired) electrons. The van der Waals surface area contributed by atoms with Gasteiger partial charge in [0.05, 0.1) is 17.6 Å². The monoisotopic (exact) mass is 277 g/mol. The third kappa shape index (κ3) is 2.27. The van der Waals surface area contributed by atoms with Crippen LogP contribution in [-0.4, -0.2) is 15.2 Å². The number of hydrogen-bond acceptors (Lipinski definition) is 5. The molecule has 2 aromatic heterocycles. The van der Waals surface area contributed by atoms with E-state index < -0.39 is 0 Å². The van der Waals surface area contributed by atoms with E-state index in [0.29, 0.717) is 16.8 Å². The molecule has 0 atom stereocenters. The maximum absolute atomic E-state index is 5.66. The van der Waals surface area contributed by atoms with Crippen LogP contribution in [0.4, 0.5) is 0 Å². The number of nitrogens with zero attached hydrogens (tertiary/aromatic N) is 3. The van der Waals surface area contributed by atoms with Crippen LogP contribution in [0.1, 0.15) is 5.01 Å². The second kappa shape index (κ2) is 4.88. The fourth-order valence-corrected chi connectivity index (χ4v) is 2.32. The summed E-state index contributed by atoms with van der Waals surface area (Å²) in [6, 6.07) is 9.77. The maximum atomic E-state index is 5.66. The number of aromatic nitrogens is 3. The quantitative estimate of drug-likeness (QED) is 0.686. The number of halogens is 1. The van der Waals surface area contributed by atoms with Crippen LogP contribution in [0, 0.1) is 0 Å². The number of alkyl halides is 1. The SMILES string of the molecule is ClCc1nnc(Oc2cnc3ccccc3c2)s1. The molecule has 18 heavy (non-hydrogen) atoms. The molecular weight excluding hydrogens is 270 g/mol. The van der Waals surface area contributed by atoms with Crippen molar-refractivity contribution in [2.75, 3.05) is 0 Å². The lowest BCUT2D eigenvalue weighted by Crippen LogP contribution is -1.85. The molecule has 0 fully saturated rings. The zero-order chi connectivity index (χ0) is 12.4. The Morgan fingerprint density at radius 2 is 2.11 bits per heavy atom. The summed E-state index contributed by atoms with van der Waals surface area (Å²) < 4.78 is 5.59. The van der Waals surface area contributed by atoms with E-state index in [2.05, 4.69) is 15.2 Å². The Kier molecular flexibility index (Phi) is 3.08. The van der Waals surface area contributed by atoms with Crippen LogP contribution in [0.3, 0.4) is 0 Å². The van der Waals surface area contributed by atoms with Gasteiger partial charge in [0.15, 0.2) is 0 Å². The largest absolute Gasteiger partial charge is 0.428 e. The van der Waals surface area contributed by atoms with Crippen molar-refractivity contribution < 1.29 is 4.74 Å². The van der Waals surface area contributed by atoms with Crippen molar-refractivity contribution in [3.8, 4) is 10.9 Å². The minimum Gasteiger partial charge on any atom is -0.428 e. The number of benzene rings is 1. The van der Waals surface area contributed by atoms with Gasteiger partial charge >= 0.3 is 0 Å². The Bertz CT molecular complexity index is 686. The molecule has 0 saturated heterocycles. The molecule has 0 aliphatic rings. The van der Waals surface area contributed by atoms with E-state index in [-0.39, 0.29) is 0 Å². The highest BCUT2D eigenvalue weighted by Gasteiger charge is 2.06. The van der Waals surface area contributed by atoms with Gasteiger partial charge < -0.3 is 4.74 Å². The van der Waals surface area contributed by atoms with Crippen LogP contribution >= 0.6 is 22.9 Å². The highest BCUT2D eigenvalue weighted by molar-refractivity contribution is 7.13. The minimum absolute atomic E-state index is 0.344. The van der Waals surface area contributed by atoms with E-state index in [1.807, 2.05) is 30.3 Å². The first-order chi connectivity index (χ1) is 8.85. The van der Waals surface area contributed by atoms with E-state index >= 15 is 0 Å². The third-order valence-corrected chi connectivity index (χ3v) is 3.55. The van der Waals surface area contributed by atoms with Gasteiger partial charge in [-0.05, 0) is 12.1 Å². The lowest BCUT2D eigenvalue weighted by Gasteiger charge is -2.02. The smallest absolute Gasteiger partial charge is 0.299 e. The highest BCUT2D eigenvalue weighted by atomic mass is 35.5. The van der Waals surface area contributed by atoms with Crippen LogP contribution < -0.4 is 4.74 Å². The van der Waals surface area contributed by atoms with Crippen LogP contribution in [0.2, 0.25) is 0 Å². The fourth-order valence-electron chi connectivity index (χ4n) is 1.54. The number of ether oxygens (including phenoxy) is 1. The van der Waals surface area contributed by atoms with Crippen molar-refractivity contribution in [1.82, 2.24) is 15.2 Å². The Morgan fingerprint density at radius 1 is 1.22 bits per heavy atom. The topological polar surface area (TPSA) is 47.9 Å². The van der Waals surface area contributed by atoms with Crippen LogP contribution in [0.15, 0.2) is 36.5 Å². The molecule has 1 aromatic carbocycles. The summed E-state index contributed by atoms with van der Waals surface area (Å²) in [4.78, 5) is 4.31. The summed E-state index contributed by atoms with van der Waals surface area (Å²) >= 11 is 6.99. The highest BCUT2D eigenvalue weighted by Crippen LogP contribution is 2.26. The van der Waals surface area contributed by atoms with Gasteiger partial charge in [0.25, 0.3) is 5.19 Å². The molecule has 3 aromatic rings. The first-order valence-corrected chi connectivity index (χ1v) is 6.61. The van der Waals surface area contributed by atoms with E-state index in [9.17, 15) is 0 Å². The van der Waals surface area contributed by atoms with E-state index in [1.54, 1.807) is 6.20 Å². The molecule has 0 unspecified atom stereocenters. The Morgan fingerprint density at radius 3 is 2.94 bits per heavy atom. The summed E-state index contributed by atoms with van der Waals surface area (Å²) in [6.45, 7) is 0. The summed E-state index contributed by atoms with van der Waals surface area (Å²) in [5, 5.41) is 10.0. The Hall–Kier alpha value is -1.72. The fraction of sp³-hybridized carbons (Fsp3) is 0.0833. The first-order valence-electron chi connectivity index (χ1n) is 5.26.